The van der Waals surface area contributed by atoms with Crippen LogP contribution in [0.2, 0.25) is 0 Å². The zero-order valence-electron chi connectivity index (χ0n) is 20.1. The molecule has 0 atom stereocenters. The van der Waals surface area contributed by atoms with Gasteiger partial charge in [-0.1, -0.05) is 121 Å². The van der Waals surface area contributed by atoms with Gasteiger partial charge >= 0.3 is 0 Å². The largest absolute Gasteiger partial charge is 0.455 e. The number of aromatic nitrogens is 1. The van der Waals surface area contributed by atoms with Gasteiger partial charge in [0.2, 0.25) is 0 Å². The molecule has 0 aliphatic carbocycles. The fourth-order valence-corrected chi connectivity index (χ4v) is 5.06. The highest BCUT2D eigenvalue weighted by Gasteiger charge is 2.20. The predicted octanol–water partition coefficient (Wildman–Crippen LogP) is 9.65. The van der Waals surface area contributed by atoms with Crippen LogP contribution in [0.1, 0.15) is 0 Å². The zero-order chi connectivity index (χ0) is 24.6. The molecule has 0 bridgehead atoms. The van der Waals surface area contributed by atoms with Crippen LogP contribution in [-0.2, 0) is 0 Å². The predicted molar refractivity (Wildman–Crippen MR) is 153 cm³/mol. The third kappa shape index (κ3) is 3.80. The summed E-state index contributed by atoms with van der Waals surface area (Å²) >= 11 is 0. The molecule has 0 unspecified atom stereocenters. The molecule has 174 valence electrons. The summed E-state index contributed by atoms with van der Waals surface area (Å²) in [5.74, 6) is 0.841. The van der Waals surface area contributed by atoms with Crippen LogP contribution in [0, 0.1) is 0 Å². The fourth-order valence-electron chi connectivity index (χ4n) is 5.06. The molecule has 7 rings (SSSR count). The summed E-state index contributed by atoms with van der Waals surface area (Å²) in [6.45, 7) is 0. The van der Waals surface area contributed by atoms with Gasteiger partial charge in [-0.25, -0.2) is 4.98 Å². The Balaban J connectivity index is 1.62. The van der Waals surface area contributed by atoms with Gasteiger partial charge in [0.25, 0.3) is 0 Å². The Morgan fingerprint density at radius 3 is 1.59 bits per heavy atom. The summed E-state index contributed by atoms with van der Waals surface area (Å²) in [7, 11) is 0. The summed E-state index contributed by atoms with van der Waals surface area (Å²) in [6, 6.07) is 48.3. The SMILES string of the molecule is c1ccc(-c2cc(-c3ccccc3)c3nc(-c4ccccc4)c4cc(-c5ccccc5)oc4c3c2)cc1. The Morgan fingerprint density at radius 2 is 0.973 bits per heavy atom. The third-order valence-electron chi connectivity index (χ3n) is 6.86. The second kappa shape index (κ2) is 8.92. The van der Waals surface area contributed by atoms with E-state index >= 15 is 0 Å². The van der Waals surface area contributed by atoms with E-state index in [1.807, 2.05) is 36.4 Å². The van der Waals surface area contributed by atoms with Crippen molar-refractivity contribution in [1.82, 2.24) is 4.98 Å². The Labute approximate surface area is 215 Å². The highest BCUT2D eigenvalue weighted by Crippen LogP contribution is 2.42. The minimum Gasteiger partial charge on any atom is -0.455 e. The first kappa shape index (κ1) is 21.3. The van der Waals surface area contributed by atoms with Crippen molar-refractivity contribution >= 4 is 21.9 Å². The minimum atomic E-state index is 0.841. The van der Waals surface area contributed by atoms with Gasteiger partial charge in [-0.3, -0.25) is 0 Å². The maximum absolute atomic E-state index is 6.67. The molecule has 2 heterocycles. The highest BCUT2D eigenvalue weighted by atomic mass is 16.3. The van der Waals surface area contributed by atoms with Crippen LogP contribution in [0.15, 0.2) is 144 Å². The van der Waals surface area contributed by atoms with Crippen LogP contribution >= 0.6 is 0 Å². The topological polar surface area (TPSA) is 26.0 Å². The number of rotatable bonds is 4. The number of benzene rings is 5. The highest BCUT2D eigenvalue weighted by molar-refractivity contribution is 6.14. The number of pyridine rings is 1. The van der Waals surface area contributed by atoms with Gasteiger partial charge in [0.05, 0.1) is 11.2 Å². The molecule has 2 heteroatoms. The first-order valence-corrected chi connectivity index (χ1v) is 12.5. The molecule has 0 aliphatic heterocycles. The van der Waals surface area contributed by atoms with Crippen molar-refractivity contribution in [3.05, 3.63) is 140 Å². The molecule has 7 aromatic rings. The van der Waals surface area contributed by atoms with Crippen LogP contribution < -0.4 is 0 Å². The van der Waals surface area contributed by atoms with Crippen LogP contribution in [-0.4, -0.2) is 4.98 Å². The molecule has 0 N–H and O–H groups in total. The number of fused-ring (bicyclic) bond motifs is 3. The smallest absolute Gasteiger partial charge is 0.146 e. The second-order valence-corrected chi connectivity index (χ2v) is 9.20. The van der Waals surface area contributed by atoms with Crippen molar-refractivity contribution < 1.29 is 4.42 Å². The van der Waals surface area contributed by atoms with E-state index < -0.39 is 0 Å². The lowest BCUT2D eigenvalue weighted by Crippen LogP contribution is -1.92. The quantitative estimate of drug-likeness (QED) is 0.254. The van der Waals surface area contributed by atoms with E-state index in [-0.39, 0.29) is 0 Å². The number of furan rings is 1. The van der Waals surface area contributed by atoms with Crippen LogP contribution in [0.3, 0.4) is 0 Å². The van der Waals surface area contributed by atoms with Crippen molar-refractivity contribution in [2.24, 2.45) is 0 Å². The molecule has 0 radical (unpaired) electrons. The maximum atomic E-state index is 6.67. The van der Waals surface area contributed by atoms with E-state index in [0.717, 1.165) is 66.7 Å². The van der Waals surface area contributed by atoms with E-state index in [0.29, 0.717) is 0 Å². The molecule has 2 aromatic heterocycles. The molecular weight excluding hydrogens is 450 g/mol. The monoisotopic (exact) mass is 473 g/mol. The lowest BCUT2D eigenvalue weighted by Gasteiger charge is -2.13. The van der Waals surface area contributed by atoms with Crippen molar-refractivity contribution in [2.45, 2.75) is 0 Å². The van der Waals surface area contributed by atoms with Gasteiger partial charge in [0.1, 0.15) is 11.3 Å². The molecule has 0 aliphatic rings. The van der Waals surface area contributed by atoms with Gasteiger partial charge in [-0.05, 0) is 34.9 Å². The molecular formula is C35H23NO. The summed E-state index contributed by atoms with van der Waals surface area (Å²) in [5, 5.41) is 2.03. The van der Waals surface area contributed by atoms with Crippen molar-refractivity contribution in [1.29, 1.82) is 0 Å². The second-order valence-electron chi connectivity index (χ2n) is 9.20. The number of nitrogens with zero attached hydrogens (tertiary/aromatic N) is 1. The Kier molecular flexibility index (Phi) is 5.15. The van der Waals surface area contributed by atoms with Gasteiger partial charge < -0.3 is 4.42 Å². The molecule has 0 saturated carbocycles. The van der Waals surface area contributed by atoms with E-state index in [1.54, 1.807) is 0 Å². The average Bonchev–Trinajstić information content (AvgIpc) is 3.44. The third-order valence-corrected chi connectivity index (χ3v) is 6.86. The van der Waals surface area contributed by atoms with E-state index in [9.17, 15) is 0 Å². The van der Waals surface area contributed by atoms with E-state index in [2.05, 4.69) is 103 Å². The molecule has 0 spiro atoms. The van der Waals surface area contributed by atoms with Crippen LogP contribution in [0.25, 0.3) is 66.7 Å². The van der Waals surface area contributed by atoms with E-state index in [1.165, 1.54) is 0 Å². The number of hydrogen-bond acceptors (Lipinski definition) is 2. The average molecular weight is 474 g/mol. The van der Waals surface area contributed by atoms with Gasteiger partial charge in [0, 0.05) is 27.5 Å². The van der Waals surface area contributed by atoms with Crippen LogP contribution in [0.5, 0.6) is 0 Å². The summed E-state index contributed by atoms with van der Waals surface area (Å²) in [4.78, 5) is 5.33. The first-order valence-electron chi connectivity index (χ1n) is 12.5. The summed E-state index contributed by atoms with van der Waals surface area (Å²) < 4.78 is 6.67. The molecule has 5 aromatic carbocycles. The summed E-state index contributed by atoms with van der Waals surface area (Å²) in [6.07, 6.45) is 0. The van der Waals surface area contributed by atoms with Crippen molar-refractivity contribution in [2.75, 3.05) is 0 Å². The van der Waals surface area contributed by atoms with Crippen molar-refractivity contribution in [3.63, 3.8) is 0 Å². The Morgan fingerprint density at radius 1 is 0.432 bits per heavy atom. The lowest BCUT2D eigenvalue weighted by atomic mass is 9.94. The van der Waals surface area contributed by atoms with Gasteiger partial charge in [-0.2, -0.15) is 0 Å². The minimum absolute atomic E-state index is 0.841. The van der Waals surface area contributed by atoms with Gasteiger partial charge in [0.15, 0.2) is 0 Å². The van der Waals surface area contributed by atoms with E-state index in [4.69, 9.17) is 9.40 Å². The zero-order valence-corrected chi connectivity index (χ0v) is 20.1. The normalized spacial score (nSPS) is 11.2. The summed E-state index contributed by atoms with van der Waals surface area (Å²) in [5.41, 5.74) is 9.37. The molecule has 0 saturated heterocycles. The molecule has 37 heavy (non-hydrogen) atoms. The standard InChI is InChI=1S/C35H23NO/c1-5-13-24(14-6-1)28-21-29(25-15-7-2-8-16-25)34-30(22-28)35-31(33(36-34)27-19-11-4-12-20-27)23-32(37-35)26-17-9-3-10-18-26/h1-23H. The number of hydrogen-bond donors (Lipinski definition) is 0. The molecule has 0 amide bonds. The Bertz CT molecular complexity index is 1840. The van der Waals surface area contributed by atoms with Crippen molar-refractivity contribution in [3.8, 4) is 44.8 Å². The molecule has 2 nitrogen and oxygen atoms in total. The lowest BCUT2D eigenvalue weighted by molar-refractivity contribution is 0.635. The van der Waals surface area contributed by atoms with Gasteiger partial charge in [-0.15, -0.1) is 0 Å². The Hall–Kier alpha value is -4.95. The maximum Gasteiger partial charge on any atom is 0.146 e. The fraction of sp³-hybridized carbons (Fsp3) is 0. The first-order chi connectivity index (χ1) is 18.3. The molecule has 0 fully saturated rings. The van der Waals surface area contributed by atoms with Crippen LogP contribution in [0.4, 0.5) is 0 Å².